The number of benzene rings is 2. The molecule has 17 heteroatoms. The van der Waals surface area contributed by atoms with E-state index in [0.29, 0.717) is 41.0 Å². The molecule has 5 heterocycles. The van der Waals surface area contributed by atoms with Gasteiger partial charge in [-0.25, -0.2) is 4.39 Å². The summed E-state index contributed by atoms with van der Waals surface area (Å²) < 4.78 is 21.9. The van der Waals surface area contributed by atoms with Crippen LogP contribution in [0.1, 0.15) is 93.7 Å². The predicted octanol–water partition coefficient (Wildman–Crippen LogP) is 3.45. The number of piperidine rings is 2. The fraction of sp³-hybridized carbons (Fsp3) is 0.463. The Labute approximate surface area is 339 Å². The van der Waals surface area contributed by atoms with Gasteiger partial charge < -0.3 is 15.0 Å². The van der Waals surface area contributed by atoms with Gasteiger partial charge in [0.1, 0.15) is 23.7 Å². The van der Waals surface area contributed by atoms with Gasteiger partial charge in [-0.1, -0.05) is 17.7 Å². The number of nitrogens with zero attached hydrogens (tertiary/aromatic N) is 7. The van der Waals surface area contributed by atoms with Crippen molar-refractivity contribution in [3.8, 4) is 11.8 Å². The lowest BCUT2D eigenvalue weighted by atomic mass is 9.93. The van der Waals surface area contributed by atoms with Crippen molar-refractivity contribution >= 4 is 47.0 Å². The van der Waals surface area contributed by atoms with Crippen LogP contribution in [0.2, 0.25) is 5.02 Å². The number of carbonyl (C=O) groups excluding carboxylic acids is 5. The number of amides is 5. The van der Waals surface area contributed by atoms with E-state index in [0.717, 1.165) is 75.4 Å². The summed E-state index contributed by atoms with van der Waals surface area (Å²) in [5, 5.41) is 23.3. The highest BCUT2D eigenvalue weighted by molar-refractivity contribution is 6.31. The molecule has 5 aliphatic rings. The molecule has 58 heavy (non-hydrogen) atoms. The van der Waals surface area contributed by atoms with Crippen LogP contribution in [0.4, 0.5) is 10.2 Å². The molecule has 2 N–H and O–H groups in total. The lowest BCUT2D eigenvalue weighted by Crippen LogP contribution is -2.54. The first-order valence-electron chi connectivity index (χ1n) is 19.8. The molecule has 0 spiro atoms. The van der Waals surface area contributed by atoms with E-state index in [-0.39, 0.29) is 54.3 Å². The van der Waals surface area contributed by atoms with E-state index in [1.807, 2.05) is 12.1 Å². The summed E-state index contributed by atoms with van der Waals surface area (Å²) in [7, 11) is 0. The molecule has 1 aromatic heterocycles. The molecular formula is C41H43ClFN9O6. The predicted molar refractivity (Wildman–Crippen MR) is 207 cm³/mol. The number of hydrogen-bond acceptors (Lipinski definition) is 12. The molecule has 0 radical (unpaired) electrons. The average molecular weight is 812 g/mol. The van der Waals surface area contributed by atoms with Gasteiger partial charge >= 0.3 is 0 Å². The number of aromatic nitrogens is 2. The van der Waals surface area contributed by atoms with Crippen molar-refractivity contribution in [1.82, 2.24) is 35.5 Å². The first kappa shape index (κ1) is 39.3. The van der Waals surface area contributed by atoms with Gasteiger partial charge in [0.05, 0.1) is 27.8 Å². The number of fused-ring (bicyclic) bond motifs is 1. The number of ether oxygens (including phenoxy) is 1. The van der Waals surface area contributed by atoms with Gasteiger partial charge in [0, 0.05) is 75.9 Å². The second-order valence-electron chi connectivity index (χ2n) is 15.5. The smallest absolute Gasteiger partial charge is 0.272 e. The summed E-state index contributed by atoms with van der Waals surface area (Å²) in [6.45, 7) is 4.92. The van der Waals surface area contributed by atoms with Crippen molar-refractivity contribution in [3.63, 3.8) is 0 Å². The Kier molecular flexibility index (Phi) is 11.4. The molecule has 8 rings (SSSR count). The molecule has 3 saturated heterocycles. The van der Waals surface area contributed by atoms with Crippen molar-refractivity contribution in [3.05, 3.63) is 81.3 Å². The quantitative estimate of drug-likeness (QED) is 0.301. The van der Waals surface area contributed by atoms with Gasteiger partial charge in [0.25, 0.3) is 17.7 Å². The SMILES string of the molecule is N#Cc1ccc(OC2CCC(NC(=O)c3ccc(N4CCC(N5CCN(Cc6ccc7c(c6F)C(=O)N(C6CCC(=O)NC6=O)C7=O)CC5)CC4)nn3)CC2)cc1Cl. The molecule has 15 nitrogen and oxygen atoms in total. The zero-order valence-electron chi connectivity index (χ0n) is 31.8. The number of piperazine rings is 1. The van der Waals surface area contributed by atoms with Crippen LogP contribution in [0, 0.1) is 17.1 Å². The zero-order valence-corrected chi connectivity index (χ0v) is 32.5. The molecule has 4 fully saturated rings. The van der Waals surface area contributed by atoms with Crippen LogP contribution in [0.5, 0.6) is 5.75 Å². The van der Waals surface area contributed by atoms with E-state index >= 15 is 4.39 Å². The minimum Gasteiger partial charge on any atom is -0.490 e. The fourth-order valence-corrected chi connectivity index (χ4v) is 8.93. The molecule has 1 unspecified atom stereocenters. The van der Waals surface area contributed by atoms with E-state index in [1.54, 1.807) is 24.3 Å². The number of imide groups is 2. The van der Waals surface area contributed by atoms with Gasteiger partial charge in [-0.2, -0.15) is 5.26 Å². The van der Waals surface area contributed by atoms with Gasteiger partial charge in [0.2, 0.25) is 11.8 Å². The molecule has 1 atom stereocenters. The summed E-state index contributed by atoms with van der Waals surface area (Å²) in [4.78, 5) is 70.9. The molecule has 302 valence electrons. The highest BCUT2D eigenvalue weighted by Crippen LogP contribution is 2.32. The standard InChI is InChI=1S/C41H43ClFN9O6/c42-31-21-29(5-1-24(31)22-44)58-28-6-3-26(4-7-28)45-38(54)32-9-11-34(48-47-32)51-15-13-27(14-16-51)50-19-17-49(18-20-50)23-25-2-8-30-36(37(25)43)41(57)52(40(30)56)33-10-12-35(53)46-39(33)55/h1-2,5,8-9,11,21,26-28,33H,3-4,6-7,10,12-20,23H2,(H,45,54)(H,46,53,55). The maximum Gasteiger partial charge on any atom is 0.272 e. The summed E-state index contributed by atoms with van der Waals surface area (Å²) in [6.07, 6.45) is 4.97. The first-order valence-corrected chi connectivity index (χ1v) is 20.2. The molecule has 2 aromatic carbocycles. The van der Waals surface area contributed by atoms with Crippen molar-refractivity contribution in [1.29, 1.82) is 5.26 Å². The maximum atomic E-state index is 15.8. The third-order valence-corrected chi connectivity index (χ3v) is 12.3. The number of nitriles is 1. The number of anilines is 1. The monoisotopic (exact) mass is 811 g/mol. The van der Waals surface area contributed by atoms with Crippen LogP contribution in [0.25, 0.3) is 0 Å². The number of halogens is 2. The molecule has 4 aliphatic heterocycles. The Morgan fingerprint density at radius 2 is 1.67 bits per heavy atom. The van der Waals surface area contributed by atoms with Crippen LogP contribution in [0.15, 0.2) is 42.5 Å². The van der Waals surface area contributed by atoms with E-state index in [1.165, 1.54) is 12.1 Å². The van der Waals surface area contributed by atoms with Gasteiger partial charge in [-0.3, -0.25) is 44.0 Å². The Bertz CT molecular complexity index is 2160. The topological polar surface area (TPSA) is 181 Å². The Hall–Kier alpha value is -5.50. The minimum atomic E-state index is -1.14. The number of rotatable bonds is 9. The van der Waals surface area contributed by atoms with Crippen LogP contribution in [-0.2, 0) is 16.1 Å². The summed E-state index contributed by atoms with van der Waals surface area (Å²) in [5.41, 5.74) is 0.621. The van der Waals surface area contributed by atoms with Crippen LogP contribution < -0.4 is 20.3 Å². The molecule has 3 aromatic rings. The van der Waals surface area contributed by atoms with Crippen molar-refractivity contribution in [2.24, 2.45) is 0 Å². The summed E-state index contributed by atoms with van der Waals surface area (Å²) in [5.74, 6) is -2.40. The van der Waals surface area contributed by atoms with E-state index in [2.05, 4.69) is 35.5 Å². The second kappa shape index (κ2) is 16.8. The lowest BCUT2D eigenvalue weighted by Gasteiger charge is -2.43. The molecule has 1 saturated carbocycles. The summed E-state index contributed by atoms with van der Waals surface area (Å²) in [6, 6.07) is 12.9. The Balaban J connectivity index is 0.766. The van der Waals surface area contributed by atoms with Crippen molar-refractivity contribution in [2.75, 3.05) is 44.2 Å². The number of nitrogens with one attached hydrogen (secondary N) is 2. The van der Waals surface area contributed by atoms with Gasteiger partial charge in [0.15, 0.2) is 11.5 Å². The molecular weight excluding hydrogens is 769 g/mol. The summed E-state index contributed by atoms with van der Waals surface area (Å²) >= 11 is 6.14. The second-order valence-corrected chi connectivity index (χ2v) is 15.9. The minimum absolute atomic E-state index is 0.00473. The van der Waals surface area contributed by atoms with Crippen molar-refractivity contribution in [2.45, 2.75) is 82.1 Å². The van der Waals surface area contributed by atoms with Crippen LogP contribution in [0.3, 0.4) is 0 Å². The number of hydrogen-bond donors (Lipinski definition) is 2. The lowest BCUT2D eigenvalue weighted by molar-refractivity contribution is -0.136. The molecule has 1 aliphatic carbocycles. The maximum absolute atomic E-state index is 15.8. The van der Waals surface area contributed by atoms with E-state index in [4.69, 9.17) is 21.6 Å². The Morgan fingerprint density at radius 3 is 2.34 bits per heavy atom. The third-order valence-electron chi connectivity index (χ3n) is 12.0. The molecule has 5 amide bonds. The third kappa shape index (κ3) is 8.11. The van der Waals surface area contributed by atoms with E-state index < -0.39 is 35.5 Å². The highest BCUT2D eigenvalue weighted by atomic mass is 35.5. The average Bonchev–Trinajstić information content (AvgIpc) is 3.49. The highest BCUT2D eigenvalue weighted by Gasteiger charge is 2.46. The largest absolute Gasteiger partial charge is 0.490 e. The zero-order chi connectivity index (χ0) is 40.5. The normalized spacial score (nSPS) is 23.4. The van der Waals surface area contributed by atoms with Crippen molar-refractivity contribution < 1.29 is 33.1 Å². The number of carbonyl (C=O) groups is 5. The van der Waals surface area contributed by atoms with Gasteiger partial charge in [-0.05, 0) is 75.3 Å². The fourth-order valence-electron chi connectivity index (χ4n) is 8.72. The first-order chi connectivity index (χ1) is 28.1. The Morgan fingerprint density at radius 1 is 0.914 bits per heavy atom. The van der Waals surface area contributed by atoms with Crippen LogP contribution in [-0.4, -0.2) is 118 Å². The van der Waals surface area contributed by atoms with Crippen LogP contribution >= 0.6 is 11.6 Å². The van der Waals surface area contributed by atoms with E-state index in [9.17, 15) is 24.0 Å². The van der Waals surface area contributed by atoms with Gasteiger partial charge in [-0.15, -0.1) is 10.2 Å². The molecule has 0 bridgehead atoms.